The highest BCUT2D eigenvalue weighted by Gasteiger charge is 2.45. The quantitative estimate of drug-likeness (QED) is 0.642. The summed E-state index contributed by atoms with van der Waals surface area (Å²) in [5, 5.41) is 13.5. The molecule has 0 aliphatic heterocycles. The smallest absolute Gasteiger partial charge is 0.304 e. The van der Waals surface area contributed by atoms with Crippen molar-refractivity contribution in [2.45, 2.75) is 12.6 Å². The average Bonchev–Trinajstić information content (AvgIpc) is 2.68. The molecule has 3 aromatic rings. The average molecular weight is 425 g/mol. The molecule has 0 spiro atoms. The van der Waals surface area contributed by atoms with Crippen LogP contribution in [0.1, 0.15) is 12.0 Å². The number of benzene rings is 3. The summed E-state index contributed by atoms with van der Waals surface area (Å²) in [5.74, 6) is -1.01. The predicted molar refractivity (Wildman–Crippen MR) is 110 cm³/mol. The molecule has 0 amide bonds. The van der Waals surface area contributed by atoms with E-state index in [1.54, 1.807) is 6.08 Å². The second kappa shape index (κ2) is 6.93. The third-order valence-corrected chi connectivity index (χ3v) is 6.35. The van der Waals surface area contributed by atoms with Crippen molar-refractivity contribution in [2.24, 2.45) is 5.41 Å². The van der Waals surface area contributed by atoms with Crippen LogP contribution in [0, 0.1) is 5.41 Å². The molecular weight excluding hydrogens is 407 g/mol. The third kappa shape index (κ3) is 2.88. The Bertz CT molecular complexity index is 1150. The minimum absolute atomic E-state index is 0.219. The van der Waals surface area contributed by atoms with Gasteiger partial charge in [-0.25, -0.2) is 4.39 Å². The number of alkyl halides is 2. The van der Waals surface area contributed by atoms with Gasteiger partial charge in [0.05, 0.1) is 11.8 Å². The van der Waals surface area contributed by atoms with E-state index in [9.17, 15) is 9.90 Å². The van der Waals surface area contributed by atoms with Crippen LogP contribution in [0.4, 0.5) is 4.39 Å². The van der Waals surface area contributed by atoms with E-state index in [0.717, 1.165) is 32.3 Å². The van der Waals surface area contributed by atoms with Crippen LogP contribution in [0.5, 0.6) is 0 Å². The molecule has 0 aromatic heterocycles. The van der Waals surface area contributed by atoms with E-state index in [1.807, 2.05) is 66.7 Å². The molecule has 27 heavy (non-hydrogen) atoms. The van der Waals surface area contributed by atoms with Gasteiger partial charge in [-0.3, -0.25) is 4.79 Å². The highest BCUT2D eigenvalue weighted by atomic mass is 79.9. The van der Waals surface area contributed by atoms with Gasteiger partial charge in [-0.2, -0.15) is 0 Å². The lowest BCUT2D eigenvalue weighted by Gasteiger charge is -2.38. The maximum atomic E-state index is 15.5. The molecule has 0 heterocycles. The molecule has 3 aromatic carbocycles. The van der Waals surface area contributed by atoms with Gasteiger partial charge in [-0.15, -0.1) is 0 Å². The number of rotatable bonds is 4. The Morgan fingerprint density at radius 1 is 1.04 bits per heavy atom. The van der Waals surface area contributed by atoms with Gasteiger partial charge in [0.25, 0.3) is 0 Å². The van der Waals surface area contributed by atoms with E-state index in [4.69, 9.17) is 0 Å². The van der Waals surface area contributed by atoms with Gasteiger partial charge < -0.3 is 5.11 Å². The van der Waals surface area contributed by atoms with E-state index in [0.29, 0.717) is 0 Å². The molecule has 0 fully saturated rings. The number of fused-ring (bicyclic) bond motifs is 2. The van der Waals surface area contributed by atoms with Crippen LogP contribution in [-0.2, 0) is 4.79 Å². The minimum atomic E-state index is -1.41. The highest BCUT2D eigenvalue weighted by molar-refractivity contribution is 9.09. The molecule has 4 heteroatoms. The Hall–Kier alpha value is -2.46. The molecule has 4 rings (SSSR count). The second-order valence-electron chi connectivity index (χ2n) is 6.92. The zero-order valence-electron chi connectivity index (χ0n) is 14.5. The van der Waals surface area contributed by atoms with Crippen LogP contribution in [-0.4, -0.2) is 22.6 Å². The van der Waals surface area contributed by atoms with Crippen molar-refractivity contribution >= 4 is 44.3 Å². The van der Waals surface area contributed by atoms with Crippen molar-refractivity contribution in [1.29, 1.82) is 0 Å². The number of carboxylic acids is 1. The van der Waals surface area contributed by atoms with Crippen molar-refractivity contribution in [1.82, 2.24) is 0 Å². The molecule has 2 unspecified atom stereocenters. The van der Waals surface area contributed by atoms with E-state index < -0.39 is 17.6 Å². The molecule has 1 aliphatic carbocycles. The molecule has 2 atom stereocenters. The summed E-state index contributed by atoms with van der Waals surface area (Å²) in [6, 6.07) is 21.5. The molecule has 2 nitrogen and oxygen atoms in total. The summed E-state index contributed by atoms with van der Waals surface area (Å²) >= 11 is 3.45. The fourth-order valence-electron chi connectivity index (χ4n) is 4.09. The Balaban J connectivity index is 2.18. The summed E-state index contributed by atoms with van der Waals surface area (Å²) in [4.78, 5) is 11.7. The first-order valence-corrected chi connectivity index (χ1v) is 9.90. The summed E-state index contributed by atoms with van der Waals surface area (Å²) in [7, 11) is 0. The number of carboxylic acid groups (broad SMARTS) is 1. The van der Waals surface area contributed by atoms with Gasteiger partial charge in [0, 0.05) is 5.33 Å². The molecule has 0 saturated carbocycles. The summed E-state index contributed by atoms with van der Waals surface area (Å²) < 4.78 is 15.5. The van der Waals surface area contributed by atoms with E-state index in [1.165, 1.54) is 0 Å². The fourth-order valence-corrected chi connectivity index (χ4v) is 4.88. The Morgan fingerprint density at radius 2 is 1.74 bits per heavy atom. The SMILES string of the molecule is O=C(O)CC1(CBr)C(c2cccc3ccccc23)=c2ccccc2=CC1F. The van der Waals surface area contributed by atoms with Crippen LogP contribution in [0.25, 0.3) is 22.4 Å². The van der Waals surface area contributed by atoms with Crippen molar-refractivity contribution < 1.29 is 14.3 Å². The molecule has 0 saturated heterocycles. The van der Waals surface area contributed by atoms with E-state index in [2.05, 4.69) is 15.9 Å². The Labute approximate surface area is 164 Å². The first-order valence-electron chi connectivity index (χ1n) is 8.78. The molecule has 0 radical (unpaired) electrons. The molecule has 1 aliphatic rings. The number of hydrogen-bond acceptors (Lipinski definition) is 1. The Kier molecular flexibility index (Phi) is 4.60. The molecular formula is C23H18BrFO2. The second-order valence-corrected chi connectivity index (χ2v) is 7.48. The minimum Gasteiger partial charge on any atom is -0.481 e. The fraction of sp³-hybridized carbons (Fsp3) is 0.174. The van der Waals surface area contributed by atoms with Crippen molar-refractivity contribution in [3.05, 3.63) is 82.7 Å². The van der Waals surface area contributed by atoms with Gasteiger partial charge in [0.2, 0.25) is 0 Å². The zero-order chi connectivity index (χ0) is 19.0. The third-order valence-electron chi connectivity index (χ3n) is 5.35. The Morgan fingerprint density at radius 3 is 2.52 bits per heavy atom. The molecule has 0 bridgehead atoms. The van der Waals surface area contributed by atoms with E-state index in [-0.39, 0.29) is 11.8 Å². The van der Waals surface area contributed by atoms with Crippen LogP contribution >= 0.6 is 15.9 Å². The first kappa shape index (κ1) is 17.9. The lowest BCUT2D eigenvalue weighted by molar-refractivity contribution is -0.139. The largest absolute Gasteiger partial charge is 0.481 e. The van der Waals surface area contributed by atoms with Gasteiger partial charge >= 0.3 is 5.97 Å². The maximum Gasteiger partial charge on any atom is 0.304 e. The van der Waals surface area contributed by atoms with Crippen molar-refractivity contribution in [3.63, 3.8) is 0 Å². The monoisotopic (exact) mass is 424 g/mol. The van der Waals surface area contributed by atoms with E-state index >= 15 is 4.39 Å². The topological polar surface area (TPSA) is 37.3 Å². The number of carbonyl (C=O) groups is 1. The van der Waals surface area contributed by atoms with Crippen LogP contribution in [0.2, 0.25) is 0 Å². The number of hydrogen-bond donors (Lipinski definition) is 1. The summed E-state index contributed by atoms with van der Waals surface area (Å²) in [6.07, 6.45) is -0.145. The van der Waals surface area contributed by atoms with Gasteiger partial charge in [-0.05, 0) is 38.4 Å². The number of halogens is 2. The van der Waals surface area contributed by atoms with Crippen LogP contribution < -0.4 is 10.4 Å². The predicted octanol–water partition coefficient (Wildman–Crippen LogP) is 4.03. The normalized spacial score (nSPS) is 21.6. The highest BCUT2D eigenvalue weighted by Crippen LogP contribution is 2.46. The van der Waals surface area contributed by atoms with Crippen LogP contribution in [0.15, 0.2) is 66.7 Å². The molecule has 136 valence electrons. The molecule has 1 N–H and O–H groups in total. The lowest BCUT2D eigenvalue weighted by Crippen LogP contribution is -2.47. The zero-order valence-corrected chi connectivity index (χ0v) is 16.1. The van der Waals surface area contributed by atoms with Crippen molar-refractivity contribution in [2.75, 3.05) is 5.33 Å². The van der Waals surface area contributed by atoms with Crippen molar-refractivity contribution in [3.8, 4) is 0 Å². The lowest BCUT2D eigenvalue weighted by atomic mass is 9.68. The summed E-state index contributed by atoms with van der Waals surface area (Å²) in [5.41, 5.74) is 0.464. The van der Waals surface area contributed by atoms with Gasteiger partial charge in [0.1, 0.15) is 6.17 Å². The number of aliphatic carboxylic acids is 1. The van der Waals surface area contributed by atoms with Crippen LogP contribution in [0.3, 0.4) is 0 Å². The van der Waals surface area contributed by atoms with Gasteiger partial charge in [-0.1, -0.05) is 82.7 Å². The summed E-state index contributed by atoms with van der Waals surface area (Å²) in [6.45, 7) is 0. The standard InChI is InChI=1S/C23H18BrFO2/c24-14-23(13-21(26)27)20(25)12-16-7-2-4-10-18(16)22(23)19-11-5-8-15-6-1-3-9-17(15)19/h1-12,20H,13-14H2,(H,26,27). The van der Waals surface area contributed by atoms with Gasteiger partial charge in [0.15, 0.2) is 0 Å². The first-order chi connectivity index (χ1) is 13.1. The maximum absolute atomic E-state index is 15.5.